The highest BCUT2D eigenvalue weighted by Gasteiger charge is 2.18. The van der Waals surface area contributed by atoms with Crippen LogP contribution in [0, 0.1) is 11.3 Å². The van der Waals surface area contributed by atoms with Gasteiger partial charge < -0.3 is 0 Å². The Morgan fingerprint density at radius 1 is 1.26 bits per heavy atom. The van der Waals surface area contributed by atoms with Gasteiger partial charge in [-0.3, -0.25) is 9.69 Å². The molecule has 0 N–H and O–H groups in total. The van der Waals surface area contributed by atoms with Gasteiger partial charge in [-0.1, -0.05) is 11.3 Å². The van der Waals surface area contributed by atoms with Crippen LogP contribution in [0.25, 0.3) is 10.3 Å². The monoisotopic (exact) mass is 340 g/mol. The number of thiazole rings is 1. The molecule has 0 atom stereocenters. The molecule has 1 aromatic carbocycles. The number of anilines is 1. The first-order valence-electron chi connectivity index (χ1n) is 6.91. The van der Waals surface area contributed by atoms with E-state index in [1.165, 1.54) is 11.3 Å². The summed E-state index contributed by atoms with van der Waals surface area (Å²) in [6.45, 7) is 2.38. The highest BCUT2D eigenvalue weighted by molar-refractivity contribution is 7.82. The van der Waals surface area contributed by atoms with Crippen LogP contribution in [0.3, 0.4) is 0 Å². The van der Waals surface area contributed by atoms with Crippen molar-refractivity contribution in [2.24, 2.45) is 0 Å². The largest absolute Gasteiger partial charge is 0.293 e. The fourth-order valence-corrected chi connectivity index (χ4v) is 3.24. The maximum atomic E-state index is 12.7. The van der Waals surface area contributed by atoms with Gasteiger partial charge in [0.25, 0.3) is 5.91 Å². The minimum absolute atomic E-state index is 0.153. The molecule has 114 valence electrons. The molecule has 3 aromatic rings. The molecule has 3 rings (SSSR count). The Balaban J connectivity index is 1.96. The number of rotatable bonds is 3. The van der Waals surface area contributed by atoms with E-state index >= 15 is 0 Å². The molecule has 2 aromatic heterocycles. The van der Waals surface area contributed by atoms with E-state index in [0.717, 1.165) is 10.3 Å². The number of hydrogen-bond donors (Lipinski definition) is 1. The summed E-state index contributed by atoms with van der Waals surface area (Å²) in [5.41, 5.74) is 1.81. The van der Waals surface area contributed by atoms with Crippen LogP contribution in [-0.2, 0) is 0 Å². The number of pyridine rings is 1. The lowest BCUT2D eigenvalue weighted by Crippen LogP contribution is -2.31. The first-order chi connectivity index (χ1) is 11.1. The van der Waals surface area contributed by atoms with E-state index in [9.17, 15) is 4.79 Å². The normalized spacial score (nSPS) is 10.5. The summed E-state index contributed by atoms with van der Waals surface area (Å²) >= 11 is 5.60. The zero-order valence-electron chi connectivity index (χ0n) is 12.2. The average molecular weight is 340 g/mol. The topological polar surface area (TPSA) is 69.9 Å². The van der Waals surface area contributed by atoms with Crippen molar-refractivity contribution in [3.05, 3.63) is 47.5 Å². The molecular formula is C16H12N4OS2. The number of aromatic nitrogens is 2. The third-order valence-electron chi connectivity index (χ3n) is 3.33. The Morgan fingerprint density at radius 2 is 2.00 bits per heavy atom. The Kier molecular flexibility index (Phi) is 4.28. The number of nitrogens with zero attached hydrogens (tertiary/aromatic N) is 4. The van der Waals surface area contributed by atoms with Crippen molar-refractivity contribution in [1.29, 1.82) is 5.26 Å². The van der Waals surface area contributed by atoms with Crippen LogP contribution in [0.2, 0.25) is 0 Å². The molecular weight excluding hydrogens is 328 g/mol. The smallest absolute Gasteiger partial charge is 0.259 e. The molecule has 1 amide bonds. The second-order valence-electron chi connectivity index (χ2n) is 4.73. The molecule has 0 bridgehead atoms. The third-order valence-corrected chi connectivity index (χ3v) is 4.47. The lowest BCUT2D eigenvalue weighted by atomic mass is 10.1. The van der Waals surface area contributed by atoms with Crippen LogP contribution in [-0.4, -0.2) is 22.4 Å². The second kappa shape index (κ2) is 6.36. The molecule has 0 unspecified atom stereocenters. The number of amides is 1. The zero-order chi connectivity index (χ0) is 16.4. The van der Waals surface area contributed by atoms with Crippen molar-refractivity contribution >= 4 is 46.0 Å². The minimum atomic E-state index is -0.153. The number of hydrogen-bond acceptors (Lipinski definition) is 6. The Bertz CT molecular complexity index is 912. The SMILES string of the molecule is CCN(C(=O)c1ccc(C#N)cc1)c1ccc2nc(S)sc2n1. The van der Waals surface area contributed by atoms with E-state index in [4.69, 9.17) is 5.26 Å². The van der Waals surface area contributed by atoms with Crippen molar-refractivity contribution in [2.45, 2.75) is 11.3 Å². The summed E-state index contributed by atoms with van der Waals surface area (Å²) in [4.78, 5) is 23.8. The van der Waals surface area contributed by atoms with Crippen molar-refractivity contribution in [1.82, 2.24) is 9.97 Å². The zero-order valence-corrected chi connectivity index (χ0v) is 13.9. The van der Waals surface area contributed by atoms with Crippen LogP contribution in [0.1, 0.15) is 22.8 Å². The number of carbonyl (C=O) groups excluding carboxylic acids is 1. The molecule has 0 spiro atoms. The van der Waals surface area contributed by atoms with E-state index in [-0.39, 0.29) is 5.91 Å². The highest BCUT2D eigenvalue weighted by Crippen LogP contribution is 2.26. The number of nitriles is 1. The van der Waals surface area contributed by atoms with E-state index in [0.29, 0.717) is 27.8 Å². The Labute approximate surface area is 142 Å². The summed E-state index contributed by atoms with van der Waals surface area (Å²) < 4.78 is 0.645. The molecule has 0 fully saturated rings. The standard InChI is InChI=1S/C16H12N4OS2/c1-2-20(15(21)11-5-3-10(9-17)4-6-11)13-8-7-12-14(19-13)23-16(22)18-12/h3-8H,2H2,1H3,(H,18,22). The van der Waals surface area contributed by atoms with Crippen LogP contribution in [0.4, 0.5) is 5.82 Å². The fraction of sp³-hybridized carbons (Fsp3) is 0.125. The van der Waals surface area contributed by atoms with Gasteiger partial charge in [0.2, 0.25) is 0 Å². The molecule has 0 aliphatic heterocycles. The predicted molar refractivity (Wildman–Crippen MR) is 93.2 cm³/mol. The maximum absolute atomic E-state index is 12.7. The molecule has 0 saturated heterocycles. The van der Waals surface area contributed by atoms with Crippen LogP contribution in [0.15, 0.2) is 40.7 Å². The number of benzene rings is 1. The highest BCUT2D eigenvalue weighted by atomic mass is 32.2. The van der Waals surface area contributed by atoms with Crippen molar-refractivity contribution in [3.8, 4) is 6.07 Å². The number of carbonyl (C=O) groups is 1. The van der Waals surface area contributed by atoms with E-state index in [1.807, 2.05) is 19.1 Å². The first-order valence-corrected chi connectivity index (χ1v) is 8.17. The third kappa shape index (κ3) is 3.04. The molecule has 23 heavy (non-hydrogen) atoms. The molecule has 0 aliphatic carbocycles. The fourth-order valence-electron chi connectivity index (χ4n) is 2.20. The molecule has 0 radical (unpaired) electrons. The van der Waals surface area contributed by atoms with Gasteiger partial charge in [-0.25, -0.2) is 9.97 Å². The first kappa shape index (κ1) is 15.5. The molecule has 2 heterocycles. The Hall–Kier alpha value is -2.43. The van der Waals surface area contributed by atoms with Gasteiger partial charge in [-0.15, -0.1) is 12.6 Å². The maximum Gasteiger partial charge on any atom is 0.259 e. The summed E-state index contributed by atoms with van der Waals surface area (Å²) in [7, 11) is 0. The molecule has 7 heteroatoms. The van der Waals surface area contributed by atoms with Crippen molar-refractivity contribution in [3.63, 3.8) is 0 Å². The molecule has 0 aliphatic rings. The van der Waals surface area contributed by atoms with Gasteiger partial charge in [0.15, 0.2) is 0 Å². The van der Waals surface area contributed by atoms with Crippen LogP contribution >= 0.6 is 24.0 Å². The van der Waals surface area contributed by atoms with Crippen molar-refractivity contribution < 1.29 is 4.79 Å². The van der Waals surface area contributed by atoms with Gasteiger partial charge in [0.1, 0.15) is 20.5 Å². The van der Waals surface area contributed by atoms with Crippen LogP contribution < -0.4 is 4.90 Å². The number of thiol groups is 1. The summed E-state index contributed by atoms with van der Waals surface area (Å²) in [6, 6.07) is 12.2. The van der Waals surface area contributed by atoms with E-state index < -0.39 is 0 Å². The number of fused-ring (bicyclic) bond motifs is 1. The Morgan fingerprint density at radius 3 is 2.65 bits per heavy atom. The van der Waals surface area contributed by atoms with Gasteiger partial charge >= 0.3 is 0 Å². The second-order valence-corrected chi connectivity index (χ2v) is 6.43. The van der Waals surface area contributed by atoms with E-state index in [2.05, 4.69) is 22.6 Å². The lowest BCUT2D eigenvalue weighted by Gasteiger charge is -2.19. The van der Waals surface area contributed by atoms with Crippen LogP contribution in [0.5, 0.6) is 0 Å². The average Bonchev–Trinajstić information content (AvgIpc) is 2.95. The van der Waals surface area contributed by atoms with Gasteiger partial charge in [-0.05, 0) is 43.3 Å². The van der Waals surface area contributed by atoms with Gasteiger partial charge in [0.05, 0.1) is 11.6 Å². The van der Waals surface area contributed by atoms with Gasteiger partial charge in [0, 0.05) is 12.1 Å². The summed E-state index contributed by atoms with van der Waals surface area (Å²) in [5.74, 6) is 0.422. The quantitative estimate of drug-likeness (QED) is 0.741. The predicted octanol–water partition coefficient (Wildman–Crippen LogP) is 3.52. The van der Waals surface area contributed by atoms with Gasteiger partial charge in [-0.2, -0.15) is 5.26 Å². The minimum Gasteiger partial charge on any atom is -0.293 e. The lowest BCUT2D eigenvalue weighted by molar-refractivity contribution is 0.0987. The summed E-state index contributed by atoms with van der Waals surface area (Å²) in [6.07, 6.45) is 0. The molecule has 0 saturated carbocycles. The summed E-state index contributed by atoms with van der Waals surface area (Å²) in [5, 5.41) is 8.84. The van der Waals surface area contributed by atoms with E-state index in [1.54, 1.807) is 35.2 Å². The van der Waals surface area contributed by atoms with Crippen molar-refractivity contribution in [2.75, 3.05) is 11.4 Å². The molecule has 5 nitrogen and oxygen atoms in total.